The van der Waals surface area contributed by atoms with Gasteiger partial charge in [0.2, 0.25) is 5.91 Å². The lowest BCUT2D eigenvalue weighted by Crippen LogP contribution is -2.34. The van der Waals surface area contributed by atoms with E-state index in [1.54, 1.807) is 4.68 Å². The first kappa shape index (κ1) is 21.3. The van der Waals surface area contributed by atoms with Gasteiger partial charge >= 0.3 is 0 Å². The minimum atomic E-state index is -0.395. The molecule has 0 aliphatic rings. The molecule has 0 saturated heterocycles. The number of carbonyl (C=O) groups excluding carboxylic acids is 1. The van der Waals surface area contributed by atoms with Gasteiger partial charge in [-0.25, -0.2) is 9.36 Å². The highest BCUT2D eigenvalue weighted by atomic mass is 16.5. The van der Waals surface area contributed by atoms with Crippen molar-refractivity contribution in [3.8, 4) is 11.4 Å². The third-order valence-corrected chi connectivity index (χ3v) is 5.23. The normalized spacial score (nSPS) is 11.0. The molecule has 8 heteroatoms. The maximum atomic E-state index is 13.1. The van der Waals surface area contributed by atoms with E-state index in [-0.39, 0.29) is 12.5 Å². The van der Waals surface area contributed by atoms with Gasteiger partial charge < -0.3 is 10.1 Å². The zero-order valence-corrected chi connectivity index (χ0v) is 18.3. The van der Waals surface area contributed by atoms with Gasteiger partial charge in [-0.2, -0.15) is 10.2 Å². The number of aromatic nitrogens is 4. The maximum Gasteiger partial charge on any atom is 0.295 e. The second-order valence-electron chi connectivity index (χ2n) is 7.42. The van der Waals surface area contributed by atoms with E-state index in [1.807, 2.05) is 75.4 Å². The number of amides is 1. The Labute approximate surface area is 185 Å². The molecule has 4 aromatic rings. The van der Waals surface area contributed by atoms with E-state index >= 15 is 0 Å². The summed E-state index contributed by atoms with van der Waals surface area (Å²) in [6.45, 7) is 6.28. The third kappa shape index (κ3) is 4.12. The summed E-state index contributed by atoms with van der Waals surface area (Å²) >= 11 is 0. The molecule has 2 heterocycles. The van der Waals surface area contributed by atoms with Gasteiger partial charge in [0.15, 0.2) is 5.52 Å². The summed E-state index contributed by atoms with van der Waals surface area (Å²) in [6.07, 6.45) is 0. The zero-order chi connectivity index (χ0) is 22.7. The highest BCUT2D eigenvalue weighted by Gasteiger charge is 2.18. The highest BCUT2D eigenvalue weighted by Crippen LogP contribution is 2.21. The maximum absolute atomic E-state index is 13.1. The van der Waals surface area contributed by atoms with Crippen LogP contribution in [0.3, 0.4) is 0 Å². The molecule has 164 valence electrons. The number of nitrogens with one attached hydrogen (secondary N) is 1. The minimum absolute atomic E-state index is 0.191. The van der Waals surface area contributed by atoms with Crippen LogP contribution in [0.1, 0.15) is 23.9 Å². The van der Waals surface area contributed by atoms with Crippen molar-refractivity contribution < 1.29 is 9.53 Å². The first-order valence-electron chi connectivity index (χ1n) is 10.5. The van der Waals surface area contributed by atoms with Crippen LogP contribution in [0.2, 0.25) is 0 Å². The number of aryl methyl sites for hydroxylation is 2. The van der Waals surface area contributed by atoms with E-state index in [2.05, 4.69) is 15.5 Å². The fraction of sp³-hybridized carbons (Fsp3) is 0.250. The summed E-state index contributed by atoms with van der Waals surface area (Å²) in [4.78, 5) is 25.6. The molecule has 0 saturated carbocycles. The van der Waals surface area contributed by atoms with E-state index in [1.165, 1.54) is 4.68 Å². The quantitative estimate of drug-likeness (QED) is 0.486. The zero-order valence-electron chi connectivity index (χ0n) is 18.3. The first-order chi connectivity index (χ1) is 15.5. The summed E-state index contributed by atoms with van der Waals surface area (Å²) in [5, 5.41) is 12.5. The molecule has 2 aromatic carbocycles. The number of hydrogen-bond donors (Lipinski definition) is 1. The van der Waals surface area contributed by atoms with Crippen molar-refractivity contribution in [1.29, 1.82) is 0 Å². The average molecular weight is 431 g/mol. The number of benzene rings is 2. The second-order valence-corrected chi connectivity index (χ2v) is 7.42. The van der Waals surface area contributed by atoms with Gasteiger partial charge in [0.1, 0.15) is 12.3 Å². The molecule has 0 aliphatic heterocycles. The highest BCUT2D eigenvalue weighted by molar-refractivity contribution is 5.83. The Balaban J connectivity index is 1.58. The number of ether oxygens (including phenoxy) is 1. The predicted molar refractivity (Wildman–Crippen MR) is 122 cm³/mol. The van der Waals surface area contributed by atoms with Gasteiger partial charge in [-0.05, 0) is 39.0 Å². The lowest BCUT2D eigenvalue weighted by atomic mass is 10.2. The predicted octanol–water partition coefficient (Wildman–Crippen LogP) is 2.91. The van der Waals surface area contributed by atoms with Crippen LogP contribution >= 0.6 is 0 Å². The Morgan fingerprint density at radius 2 is 1.75 bits per heavy atom. The number of para-hydroxylation sites is 2. The van der Waals surface area contributed by atoms with Crippen molar-refractivity contribution in [3.05, 3.63) is 81.9 Å². The summed E-state index contributed by atoms with van der Waals surface area (Å²) in [6, 6.07) is 17.1. The third-order valence-electron chi connectivity index (χ3n) is 5.23. The standard InChI is InChI=1S/C24H25N5O3/c1-4-32-20-13-9-8-10-18(20)14-25-21(30)15-28-24(31)23-22(16(2)26-28)17(3)29(27-23)19-11-6-5-7-12-19/h5-13H,4,14-15H2,1-3H3,(H,25,30). The molecule has 0 spiro atoms. The van der Waals surface area contributed by atoms with Gasteiger partial charge in [-0.15, -0.1) is 0 Å². The summed E-state index contributed by atoms with van der Waals surface area (Å²) < 4.78 is 8.49. The van der Waals surface area contributed by atoms with E-state index < -0.39 is 5.56 Å². The Kier molecular flexibility index (Phi) is 6.02. The number of rotatable bonds is 7. The molecule has 0 bridgehead atoms. The smallest absolute Gasteiger partial charge is 0.295 e. The fourth-order valence-electron chi connectivity index (χ4n) is 3.74. The van der Waals surface area contributed by atoms with E-state index in [0.29, 0.717) is 29.7 Å². The van der Waals surface area contributed by atoms with Crippen LogP contribution in [0.15, 0.2) is 59.4 Å². The van der Waals surface area contributed by atoms with Crippen LogP contribution in [-0.4, -0.2) is 32.1 Å². The Bertz CT molecular complexity index is 1320. The van der Waals surface area contributed by atoms with Crippen molar-refractivity contribution in [2.45, 2.75) is 33.9 Å². The molecule has 8 nitrogen and oxygen atoms in total. The Morgan fingerprint density at radius 3 is 2.50 bits per heavy atom. The van der Waals surface area contributed by atoms with Crippen molar-refractivity contribution in [2.75, 3.05) is 6.61 Å². The molecule has 0 aliphatic carbocycles. The van der Waals surface area contributed by atoms with E-state index in [9.17, 15) is 9.59 Å². The molecule has 0 radical (unpaired) electrons. The SMILES string of the molecule is CCOc1ccccc1CNC(=O)Cn1nc(C)c2c(C)n(-c3ccccc3)nc2c1=O. The van der Waals surface area contributed by atoms with Crippen molar-refractivity contribution in [2.24, 2.45) is 0 Å². The second kappa shape index (κ2) is 9.05. The summed E-state index contributed by atoms with van der Waals surface area (Å²) in [5.74, 6) is 0.411. The van der Waals surface area contributed by atoms with Gasteiger partial charge in [0.05, 0.1) is 29.1 Å². The number of fused-ring (bicyclic) bond motifs is 1. The van der Waals surface area contributed by atoms with Crippen LogP contribution < -0.4 is 15.6 Å². The van der Waals surface area contributed by atoms with Crippen LogP contribution in [0.5, 0.6) is 5.75 Å². The number of nitrogens with zero attached hydrogens (tertiary/aromatic N) is 4. The van der Waals surface area contributed by atoms with Gasteiger partial charge in [0.25, 0.3) is 5.56 Å². The molecular formula is C24H25N5O3. The lowest BCUT2D eigenvalue weighted by Gasteiger charge is -2.11. The van der Waals surface area contributed by atoms with Crippen molar-refractivity contribution in [1.82, 2.24) is 24.9 Å². The van der Waals surface area contributed by atoms with Crippen LogP contribution in [0.25, 0.3) is 16.6 Å². The molecule has 32 heavy (non-hydrogen) atoms. The first-order valence-corrected chi connectivity index (χ1v) is 10.5. The molecule has 0 fully saturated rings. The van der Waals surface area contributed by atoms with Crippen LogP contribution in [0.4, 0.5) is 0 Å². The van der Waals surface area contributed by atoms with Gasteiger partial charge in [-0.3, -0.25) is 9.59 Å². The molecule has 0 atom stereocenters. The fourth-order valence-corrected chi connectivity index (χ4v) is 3.74. The molecule has 4 rings (SSSR count). The Hall–Kier alpha value is -3.94. The van der Waals surface area contributed by atoms with Gasteiger partial charge in [0, 0.05) is 12.1 Å². The summed E-state index contributed by atoms with van der Waals surface area (Å²) in [5.41, 5.74) is 3.11. The largest absolute Gasteiger partial charge is 0.494 e. The lowest BCUT2D eigenvalue weighted by molar-refractivity contribution is -0.122. The topological polar surface area (TPSA) is 91.0 Å². The van der Waals surface area contributed by atoms with Crippen LogP contribution in [0, 0.1) is 13.8 Å². The average Bonchev–Trinajstić information content (AvgIpc) is 3.15. The van der Waals surface area contributed by atoms with Crippen molar-refractivity contribution in [3.63, 3.8) is 0 Å². The van der Waals surface area contributed by atoms with Gasteiger partial charge in [-0.1, -0.05) is 36.4 Å². The molecule has 0 unspecified atom stereocenters. The number of carbonyl (C=O) groups is 1. The molecule has 1 amide bonds. The monoisotopic (exact) mass is 431 g/mol. The minimum Gasteiger partial charge on any atom is -0.494 e. The Morgan fingerprint density at radius 1 is 1.03 bits per heavy atom. The van der Waals surface area contributed by atoms with E-state index in [4.69, 9.17) is 4.74 Å². The van der Waals surface area contributed by atoms with Crippen molar-refractivity contribution >= 4 is 16.8 Å². The molecular weight excluding hydrogens is 406 g/mol. The van der Waals surface area contributed by atoms with Crippen LogP contribution in [-0.2, 0) is 17.9 Å². The summed E-state index contributed by atoms with van der Waals surface area (Å²) in [7, 11) is 0. The number of hydrogen-bond acceptors (Lipinski definition) is 5. The molecule has 1 N–H and O–H groups in total. The molecule has 2 aromatic heterocycles. The van der Waals surface area contributed by atoms with E-state index in [0.717, 1.165) is 22.7 Å².